The Bertz CT molecular complexity index is 453. The summed E-state index contributed by atoms with van der Waals surface area (Å²) in [6.07, 6.45) is 1.65. The molecule has 0 atom stereocenters. The van der Waals surface area contributed by atoms with E-state index in [0.29, 0.717) is 5.02 Å². The number of hydrogen-bond donors (Lipinski definition) is 1. The third-order valence-corrected chi connectivity index (χ3v) is 2.49. The first kappa shape index (κ1) is 10.1. The molecule has 2 nitrogen and oxygen atoms in total. The number of nitrogens with zero attached hydrogens (tertiary/aromatic N) is 1. The van der Waals surface area contributed by atoms with Crippen molar-refractivity contribution in [3.8, 4) is 11.3 Å². The number of benzene rings is 1. The molecule has 1 N–H and O–H groups in total. The molecule has 0 aliphatic rings. The Hall–Kier alpha value is -1.38. The molecule has 76 valence electrons. The molecule has 15 heavy (non-hydrogen) atoms. The molecule has 1 aromatic heterocycles. The third kappa shape index (κ3) is 2.17. The van der Waals surface area contributed by atoms with Gasteiger partial charge in [-0.3, -0.25) is 4.98 Å². The smallest absolute Gasteiger partial charge is 0.0717 e. The van der Waals surface area contributed by atoms with Crippen LogP contribution in [-0.2, 0) is 6.61 Å². The van der Waals surface area contributed by atoms with Gasteiger partial charge >= 0.3 is 0 Å². The lowest BCUT2D eigenvalue weighted by Gasteiger charge is -2.03. The van der Waals surface area contributed by atoms with Crippen molar-refractivity contribution in [1.82, 2.24) is 4.98 Å². The van der Waals surface area contributed by atoms with Crippen LogP contribution in [0.2, 0.25) is 5.02 Å². The summed E-state index contributed by atoms with van der Waals surface area (Å²) in [5.74, 6) is 0. The van der Waals surface area contributed by atoms with Gasteiger partial charge in [0.1, 0.15) is 0 Å². The topological polar surface area (TPSA) is 33.1 Å². The second kappa shape index (κ2) is 4.43. The SMILES string of the molecule is OCc1ccc(-c2ccccc2Cl)nc1. The van der Waals surface area contributed by atoms with E-state index in [1.807, 2.05) is 36.4 Å². The lowest BCUT2D eigenvalue weighted by atomic mass is 10.1. The van der Waals surface area contributed by atoms with Crippen LogP contribution in [0.15, 0.2) is 42.6 Å². The van der Waals surface area contributed by atoms with Crippen LogP contribution >= 0.6 is 11.6 Å². The van der Waals surface area contributed by atoms with Gasteiger partial charge in [-0.05, 0) is 17.7 Å². The molecule has 0 amide bonds. The summed E-state index contributed by atoms with van der Waals surface area (Å²) in [7, 11) is 0. The Morgan fingerprint density at radius 1 is 1.13 bits per heavy atom. The maximum absolute atomic E-state index is 8.89. The van der Waals surface area contributed by atoms with Crippen LogP contribution in [0, 0.1) is 0 Å². The maximum atomic E-state index is 8.89. The molecule has 3 heteroatoms. The minimum Gasteiger partial charge on any atom is -0.392 e. The fraction of sp³-hybridized carbons (Fsp3) is 0.0833. The number of rotatable bonds is 2. The fourth-order valence-corrected chi connectivity index (χ4v) is 1.58. The molecular formula is C12H10ClNO. The van der Waals surface area contributed by atoms with E-state index in [1.165, 1.54) is 0 Å². The molecule has 0 unspecified atom stereocenters. The molecule has 1 heterocycles. The predicted octanol–water partition coefficient (Wildman–Crippen LogP) is 2.89. The molecule has 0 saturated heterocycles. The summed E-state index contributed by atoms with van der Waals surface area (Å²) in [4.78, 5) is 4.24. The molecule has 0 radical (unpaired) electrons. The highest BCUT2D eigenvalue weighted by Gasteiger charge is 2.03. The molecule has 0 aliphatic heterocycles. The Morgan fingerprint density at radius 2 is 1.93 bits per heavy atom. The summed E-state index contributed by atoms with van der Waals surface area (Å²) in [6, 6.07) is 11.2. The zero-order valence-corrected chi connectivity index (χ0v) is 8.78. The van der Waals surface area contributed by atoms with E-state index in [0.717, 1.165) is 16.8 Å². The highest BCUT2D eigenvalue weighted by Crippen LogP contribution is 2.25. The molecule has 2 rings (SSSR count). The van der Waals surface area contributed by atoms with Crippen molar-refractivity contribution in [2.24, 2.45) is 0 Å². The summed E-state index contributed by atoms with van der Waals surface area (Å²) in [5.41, 5.74) is 2.52. The van der Waals surface area contributed by atoms with Crippen molar-refractivity contribution < 1.29 is 5.11 Å². The van der Waals surface area contributed by atoms with Gasteiger partial charge in [0.15, 0.2) is 0 Å². The zero-order chi connectivity index (χ0) is 10.7. The summed E-state index contributed by atoms with van der Waals surface area (Å²) < 4.78 is 0. The quantitative estimate of drug-likeness (QED) is 0.843. The summed E-state index contributed by atoms with van der Waals surface area (Å²) >= 11 is 6.04. The number of pyridine rings is 1. The number of aliphatic hydroxyl groups is 1. The monoisotopic (exact) mass is 219 g/mol. The first-order chi connectivity index (χ1) is 7.31. The highest BCUT2D eigenvalue weighted by molar-refractivity contribution is 6.33. The molecule has 0 spiro atoms. The minimum absolute atomic E-state index is 0.00972. The molecule has 0 fully saturated rings. The van der Waals surface area contributed by atoms with Crippen LogP contribution in [0.4, 0.5) is 0 Å². The van der Waals surface area contributed by atoms with E-state index in [9.17, 15) is 0 Å². The summed E-state index contributed by atoms with van der Waals surface area (Å²) in [5, 5.41) is 9.57. The van der Waals surface area contributed by atoms with Crippen molar-refractivity contribution in [2.75, 3.05) is 0 Å². The second-order valence-electron chi connectivity index (χ2n) is 3.19. The van der Waals surface area contributed by atoms with Crippen LogP contribution in [0.5, 0.6) is 0 Å². The standard InChI is InChI=1S/C12H10ClNO/c13-11-4-2-1-3-10(11)12-6-5-9(8-15)7-14-12/h1-7,15H,8H2. The van der Waals surface area contributed by atoms with Gasteiger partial charge in [-0.1, -0.05) is 35.9 Å². The average molecular weight is 220 g/mol. The van der Waals surface area contributed by atoms with Gasteiger partial charge in [0.05, 0.1) is 12.3 Å². The molecule has 0 aliphatic carbocycles. The van der Waals surface area contributed by atoms with Crippen LogP contribution in [-0.4, -0.2) is 10.1 Å². The molecule has 1 aromatic carbocycles. The number of hydrogen-bond acceptors (Lipinski definition) is 2. The summed E-state index contributed by atoms with van der Waals surface area (Å²) in [6.45, 7) is 0.00972. The highest BCUT2D eigenvalue weighted by atomic mass is 35.5. The van der Waals surface area contributed by atoms with Crippen molar-refractivity contribution in [3.05, 3.63) is 53.2 Å². The Balaban J connectivity index is 2.42. The molecule has 0 saturated carbocycles. The Morgan fingerprint density at radius 3 is 2.53 bits per heavy atom. The largest absolute Gasteiger partial charge is 0.392 e. The first-order valence-corrected chi connectivity index (χ1v) is 5.00. The van der Waals surface area contributed by atoms with E-state index in [-0.39, 0.29) is 6.61 Å². The van der Waals surface area contributed by atoms with Crippen LogP contribution in [0.3, 0.4) is 0 Å². The molecule has 0 bridgehead atoms. The average Bonchev–Trinajstić information content (AvgIpc) is 2.30. The lowest BCUT2D eigenvalue weighted by Crippen LogP contribution is -1.88. The Kier molecular flexibility index (Phi) is 2.99. The van der Waals surface area contributed by atoms with Gasteiger partial charge in [0.25, 0.3) is 0 Å². The van der Waals surface area contributed by atoms with Crippen molar-refractivity contribution in [1.29, 1.82) is 0 Å². The lowest BCUT2D eigenvalue weighted by molar-refractivity contribution is 0.281. The fourth-order valence-electron chi connectivity index (χ4n) is 1.35. The van der Waals surface area contributed by atoms with Gasteiger partial charge in [-0.2, -0.15) is 0 Å². The van der Waals surface area contributed by atoms with Crippen molar-refractivity contribution >= 4 is 11.6 Å². The van der Waals surface area contributed by atoms with E-state index < -0.39 is 0 Å². The van der Waals surface area contributed by atoms with Crippen molar-refractivity contribution in [3.63, 3.8) is 0 Å². The van der Waals surface area contributed by atoms with Crippen LogP contribution in [0.25, 0.3) is 11.3 Å². The normalized spacial score (nSPS) is 10.3. The number of aromatic nitrogens is 1. The molecule has 2 aromatic rings. The van der Waals surface area contributed by atoms with Crippen molar-refractivity contribution in [2.45, 2.75) is 6.61 Å². The third-order valence-electron chi connectivity index (χ3n) is 2.16. The van der Waals surface area contributed by atoms with Crippen LogP contribution in [0.1, 0.15) is 5.56 Å². The van der Waals surface area contributed by atoms with E-state index in [4.69, 9.17) is 16.7 Å². The maximum Gasteiger partial charge on any atom is 0.0717 e. The van der Waals surface area contributed by atoms with Gasteiger partial charge in [-0.25, -0.2) is 0 Å². The van der Waals surface area contributed by atoms with E-state index >= 15 is 0 Å². The van der Waals surface area contributed by atoms with E-state index in [2.05, 4.69) is 4.98 Å². The number of aliphatic hydroxyl groups excluding tert-OH is 1. The van der Waals surface area contributed by atoms with Gasteiger partial charge in [0.2, 0.25) is 0 Å². The van der Waals surface area contributed by atoms with Gasteiger partial charge in [0, 0.05) is 16.8 Å². The second-order valence-corrected chi connectivity index (χ2v) is 3.60. The number of halogens is 1. The zero-order valence-electron chi connectivity index (χ0n) is 8.02. The van der Waals surface area contributed by atoms with Gasteiger partial charge < -0.3 is 5.11 Å². The minimum atomic E-state index is 0.00972. The predicted molar refractivity (Wildman–Crippen MR) is 60.6 cm³/mol. The first-order valence-electron chi connectivity index (χ1n) is 4.62. The molecular weight excluding hydrogens is 210 g/mol. The van der Waals surface area contributed by atoms with E-state index in [1.54, 1.807) is 6.20 Å². The van der Waals surface area contributed by atoms with Crippen LogP contribution < -0.4 is 0 Å². The van der Waals surface area contributed by atoms with Gasteiger partial charge in [-0.15, -0.1) is 0 Å². The Labute approximate surface area is 93.2 Å².